The Morgan fingerprint density at radius 2 is 2.29 bits per heavy atom. The summed E-state index contributed by atoms with van der Waals surface area (Å²) in [5.74, 6) is -1.09. The molecule has 86 valence electrons. The maximum absolute atomic E-state index is 13.8. The average Bonchev–Trinajstić information content (AvgIpc) is 2.51. The number of rotatable bonds is 1. The third-order valence-corrected chi connectivity index (χ3v) is 2.55. The van der Waals surface area contributed by atoms with Gasteiger partial charge in [-0.3, -0.25) is 9.59 Å². The summed E-state index contributed by atoms with van der Waals surface area (Å²) in [5, 5.41) is 8.65. The molecular formula is C12H8FNO3. The quantitative estimate of drug-likeness (QED) is 0.545. The van der Waals surface area contributed by atoms with E-state index in [2.05, 4.69) is 0 Å². The van der Waals surface area contributed by atoms with Crippen molar-refractivity contribution >= 4 is 11.8 Å². The zero-order valence-electron chi connectivity index (χ0n) is 8.99. The van der Waals surface area contributed by atoms with Crippen LogP contribution >= 0.6 is 0 Å². The van der Waals surface area contributed by atoms with Gasteiger partial charge in [0.05, 0.1) is 0 Å². The summed E-state index contributed by atoms with van der Waals surface area (Å²) >= 11 is 0. The number of ether oxygens (including phenoxy) is 1. The van der Waals surface area contributed by atoms with Crippen LogP contribution in [0.25, 0.3) is 0 Å². The van der Waals surface area contributed by atoms with Gasteiger partial charge in [-0.2, -0.15) is 5.26 Å². The van der Waals surface area contributed by atoms with Crippen LogP contribution in [0.2, 0.25) is 0 Å². The van der Waals surface area contributed by atoms with Gasteiger partial charge in [-0.05, 0) is 23.8 Å². The highest BCUT2D eigenvalue weighted by atomic mass is 19.1. The van der Waals surface area contributed by atoms with Crippen molar-refractivity contribution in [1.29, 1.82) is 5.26 Å². The van der Waals surface area contributed by atoms with Crippen molar-refractivity contribution in [2.24, 2.45) is 0 Å². The highest BCUT2D eigenvalue weighted by Crippen LogP contribution is 2.34. The van der Waals surface area contributed by atoms with E-state index in [0.717, 1.165) is 0 Å². The van der Waals surface area contributed by atoms with E-state index in [1.54, 1.807) is 0 Å². The molecule has 1 aromatic rings. The van der Waals surface area contributed by atoms with Crippen molar-refractivity contribution < 1.29 is 18.7 Å². The predicted molar refractivity (Wildman–Crippen MR) is 55.2 cm³/mol. The molecule has 0 bridgehead atoms. The van der Waals surface area contributed by atoms with E-state index in [1.807, 2.05) is 0 Å². The van der Waals surface area contributed by atoms with Crippen LogP contribution < -0.4 is 4.74 Å². The smallest absolute Gasteiger partial charge is 0.308 e. The highest BCUT2D eigenvalue weighted by Gasteiger charge is 2.46. The van der Waals surface area contributed by atoms with Crippen LogP contribution in [-0.2, 0) is 11.2 Å². The van der Waals surface area contributed by atoms with E-state index in [-0.39, 0.29) is 17.7 Å². The van der Waals surface area contributed by atoms with E-state index in [4.69, 9.17) is 10.00 Å². The number of carbonyl (C=O) groups is 2. The van der Waals surface area contributed by atoms with Crippen LogP contribution in [0, 0.1) is 11.3 Å². The fourth-order valence-electron chi connectivity index (χ4n) is 1.81. The number of benzene rings is 1. The predicted octanol–water partition coefficient (Wildman–Crippen LogP) is 1.58. The Morgan fingerprint density at radius 3 is 2.88 bits per heavy atom. The number of Topliss-reactive ketones (excluding diaryl/α,β-unsaturated/α-hetero) is 1. The molecule has 0 heterocycles. The zero-order chi connectivity index (χ0) is 12.6. The third kappa shape index (κ3) is 1.78. The summed E-state index contributed by atoms with van der Waals surface area (Å²) in [6.45, 7) is 1.24. The molecule has 4 nitrogen and oxygen atoms in total. The maximum Gasteiger partial charge on any atom is 0.308 e. The number of ketones is 1. The molecule has 0 N–H and O–H groups in total. The number of halogens is 1. The van der Waals surface area contributed by atoms with Gasteiger partial charge in [0.25, 0.3) is 5.67 Å². The second-order valence-electron chi connectivity index (χ2n) is 3.83. The van der Waals surface area contributed by atoms with Crippen LogP contribution in [0.4, 0.5) is 4.39 Å². The first-order chi connectivity index (χ1) is 7.96. The molecule has 0 aliphatic heterocycles. The lowest BCUT2D eigenvalue weighted by molar-refractivity contribution is -0.131. The number of nitriles is 1. The molecule has 0 saturated carbocycles. The van der Waals surface area contributed by atoms with Crippen LogP contribution in [0.5, 0.6) is 5.75 Å². The molecule has 1 aromatic carbocycles. The number of hydrogen-bond acceptors (Lipinski definition) is 4. The summed E-state index contributed by atoms with van der Waals surface area (Å²) in [5.41, 5.74) is -1.93. The van der Waals surface area contributed by atoms with E-state index in [1.165, 1.54) is 31.2 Å². The van der Waals surface area contributed by atoms with Crippen LogP contribution in [0.1, 0.15) is 22.8 Å². The summed E-state index contributed by atoms with van der Waals surface area (Å²) in [6, 6.07) is 5.56. The maximum atomic E-state index is 13.8. The van der Waals surface area contributed by atoms with Crippen LogP contribution in [0.3, 0.4) is 0 Å². The van der Waals surface area contributed by atoms with Gasteiger partial charge in [-0.25, -0.2) is 4.39 Å². The standard InChI is InChI=1S/C12H8FNO3/c1-7(15)17-9-2-3-10-8(4-9)5-12(13,6-14)11(10)16/h2-4H,5H2,1H3. The van der Waals surface area contributed by atoms with Gasteiger partial charge >= 0.3 is 5.97 Å². The Balaban J connectivity index is 2.40. The Labute approximate surface area is 96.6 Å². The SMILES string of the molecule is CC(=O)Oc1ccc2c(c1)CC(F)(C#N)C2=O. The van der Waals surface area contributed by atoms with Gasteiger partial charge in [0.2, 0.25) is 5.78 Å². The van der Waals surface area contributed by atoms with Crippen molar-refractivity contribution in [3.8, 4) is 11.8 Å². The molecule has 0 aromatic heterocycles. The number of nitrogens with zero attached hydrogens (tertiary/aromatic N) is 1. The van der Waals surface area contributed by atoms with Gasteiger partial charge in [-0.15, -0.1) is 0 Å². The van der Waals surface area contributed by atoms with E-state index in [0.29, 0.717) is 5.56 Å². The number of fused-ring (bicyclic) bond motifs is 1. The Hall–Kier alpha value is -2.22. The Morgan fingerprint density at radius 1 is 1.59 bits per heavy atom. The van der Waals surface area contributed by atoms with Crippen LogP contribution in [0.15, 0.2) is 18.2 Å². The van der Waals surface area contributed by atoms with E-state index in [9.17, 15) is 14.0 Å². The van der Waals surface area contributed by atoms with E-state index >= 15 is 0 Å². The molecule has 1 aliphatic carbocycles. The first-order valence-corrected chi connectivity index (χ1v) is 4.92. The van der Waals surface area contributed by atoms with Crippen molar-refractivity contribution in [2.75, 3.05) is 0 Å². The molecule has 0 radical (unpaired) electrons. The van der Waals surface area contributed by atoms with E-state index < -0.39 is 17.4 Å². The summed E-state index contributed by atoms with van der Waals surface area (Å²) in [7, 11) is 0. The van der Waals surface area contributed by atoms with Gasteiger partial charge < -0.3 is 4.74 Å². The zero-order valence-corrected chi connectivity index (χ0v) is 8.99. The van der Waals surface area contributed by atoms with Crippen molar-refractivity contribution in [3.05, 3.63) is 29.3 Å². The fraction of sp³-hybridized carbons (Fsp3) is 0.250. The van der Waals surface area contributed by atoms with Gasteiger partial charge in [0.1, 0.15) is 11.8 Å². The molecule has 1 atom stereocenters. The van der Waals surface area contributed by atoms with Gasteiger partial charge in [0, 0.05) is 18.9 Å². The molecule has 1 aliphatic rings. The minimum atomic E-state index is -2.49. The largest absolute Gasteiger partial charge is 0.427 e. The van der Waals surface area contributed by atoms with Crippen LogP contribution in [-0.4, -0.2) is 17.4 Å². The number of carbonyl (C=O) groups excluding carboxylic acids is 2. The lowest BCUT2D eigenvalue weighted by Gasteiger charge is -2.04. The lowest BCUT2D eigenvalue weighted by Crippen LogP contribution is -2.27. The monoisotopic (exact) mass is 233 g/mol. The summed E-state index contributed by atoms with van der Waals surface area (Å²) in [6.07, 6.45) is -0.299. The topological polar surface area (TPSA) is 67.2 Å². The molecule has 5 heteroatoms. The second kappa shape index (κ2) is 3.67. The molecule has 17 heavy (non-hydrogen) atoms. The molecular weight excluding hydrogens is 225 g/mol. The summed E-state index contributed by atoms with van der Waals surface area (Å²) < 4.78 is 18.6. The Kier molecular flexibility index (Phi) is 2.43. The number of esters is 1. The minimum absolute atomic E-state index is 0.171. The highest BCUT2D eigenvalue weighted by molar-refractivity contribution is 6.08. The average molecular weight is 233 g/mol. The molecule has 0 saturated heterocycles. The minimum Gasteiger partial charge on any atom is -0.427 e. The first-order valence-electron chi connectivity index (χ1n) is 4.92. The normalized spacial score (nSPS) is 21.8. The molecule has 0 fully saturated rings. The molecule has 0 amide bonds. The number of alkyl halides is 1. The van der Waals surface area contributed by atoms with Crippen molar-refractivity contribution in [1.82, 2.24) is 0 Å². The molecule has 2 rings (SSSR count). The van der Waals surface area contributed by atoms with Crippen molar-refractivity contribution in [3.63, 3.8) is 0 Å². The van der Waals surface area contributed by atoms with Crippen molar-refractivity contribution in [2.45, 2.75) is 19.0 Å². The van der Waals surface area contributed by atoms with Gasteiger partial charge in [-0.1, -0.05) is 0 Å². The fourth-order valence-corrected chi connectivity index (χ4v) is 1.81. The molecule has 0 spiro atoms. The Bertz CT molecular complexity index is 561. The second-order valence-corrected chi connectivity index (χ2v) is 3.83. The molecule has 1 unspecified atom stereocenters. The first kappa shape index (κ1) is 11.3. The summed E-state index contributed by atoms with van der Waals surface area (Å²) in [4.78, 5) is 22.3. The van der Waals surface area contributed by atoms with Gasteiger partial charge in [0.15, 0.2) is 0 Å². The third-order valence-electron chi connectivity index (χ3n) is 2.55. The number of hydrogen-bond donors (Lipinski definition) is 0. The lowest BCUT2D eigenvalue weighted by atomic mass is 10.0.